The Morgan fingerprint density at radius 2 is 2.33 bits per heavy atom. The summed E-state index contributed by atoms with van der Waals surface area (Å²) in [5, 5.41) is 0. The van der Waals surface area contributed by atoms with E-state index in [4.69, 9.17) is 0 Å². The maximum atomic E-state index is 11.1. The molecule has 0 N–H and O–H groups in total. The lowest BCUT2D eigenvalue weighted by atomic mass is 10.8. The minimum absolute atomic E-state index is 0.273. The molecule has 0 aromatic heterocycles. The van der Waals surface area contributed by atoms with Crippen LogP contribution in [0.5, 0.6) is 0 Å². The Balaban J connectivity index is 1.88. The van der Waals surface area contributed by atoms with Crippen LogP contribution in [0.4, 0.5) is 4.39 Å². The van der Waals surface area contributed by atoms with Gasteiger partial charge in [-0.25, -0.2) is 4.39 Å². The molecular weight excluding hydrogens is 83.0 g/mol. The van der Waals surface area contributed by atoms with Crippen molar-refractivity contribution in [2.24, 2.45) is 0 Å². The zero-order chi connectivity index (χ0) is 4.41. The van der Waals surface area contributed by atoms with Crippen molar-refractivity contribution in [1.29, 1.82) is 0 Å². The van der Waals surface area contributed by atoms with Gasteiger partial charge < -0.3 is 4.74 Å². The summed E-state index contributed by atoms with van der Waals surface area (Å²) in [5.41, 5.74) is 0. The second-order valence-corrected chi connectivity index (χ2v) is 1.48. The highest BCUT2D eigenvalue weighted by Gasteiger charge is 2.21. The van der Waals surface area contributed by atoms with Gasteiger partial charge in [0.05, 0.1) is 6.10 Å². The average Bonchev–Trinajstić information content (AvgIpc) is 2.21. The molecule has 36 valence electrons. The highest BCUT2D eigenvalue weighted by Crippen LogP contribution is 2.22. The molecule has 0 bridgehead atoms. The van der Waals surface area contributed by atoms with E-state index in [0.717, 1.165) is 12.8 Å². The Kier molecular flexibility index (Phi) is 1.05. The van der Waals surface area contributed by atoms with Crippen molar-refractivity contribution >= 4 is 0 Å². The fourth-order valence-corrected chi connectivity index (χ4v) is 0.324. The summed E-state index contributed by atoms with van der Waals surface area (Å²) in [5.74, 6) is 0. The second kappa shape index (κ2) is 1.56. The summed E-state index contributed by atoms with van der Waals surface area (Å²) in [4.78, 5) is 0. The van der Waals surface area contributed by atoms with Gasteiger partial charge in [0, 0.05) is 0 Å². The number of hydrogen-bond acceptors (Lipinski definition) is 1. The SMILES string of the molecule is FCOC1CC1. The van der Waals surface area contributed by atoms with Crippen LogP contribution in [0.15, 0.2) is 0 Å². The van der Waals surface area contributed by atoms with Gasteiger partial charge in [0.1, 0.15) is 0 Å². The lowest BCUT2D eigenvalue weighted by molar-refractivity contribution is 0.0457. The van der Waals surface area contributed by atoms with Gasteiger partial charge in [-0.2, -0.15) is 0 Å². The van der Waals surface area contributed by atoms with E-state index < -0.39 is 6.86 Å². The topological polar surface area (TPSA) is 9.23 Å². The summed E-state index contributed by atoms with van der Waals surface area (Å²) in [6.07, 6.45) is 2.39. The molecular formula is C4H7FO. The fraction of sp³-hybridized carbons (Fsp3) is 1.00. The molecule has 1 fully saturated rings. The molecule has 0 unspecified atom stereocenters. The third kappa shape index (κ3) is 0.937. The third-order valence-electron chi connectivity index (χ3n) is 0.823. The zero-order valence-electron chi connectivity index (χ0n) is 3.48. The molecule has 2 heteroatoms. The van der Waals surface area contributed by atoms with Crippen molar-refractivity contribution in [1.82, 2.24) is 0 Å². The van der Waals surface area contributed by atoms with Gasteiger partial charge in [0.2, 0.25) is 0 Å². The van der Waals surface area contributed by atoms with Crippen LogP contribution in [0.25, 0.3) is 0 Å². The quantitative estimate of drug-likeness (QED) is 0.493. The number of alkyl halides is 1. The van der Waals surface area contributed by atoms with Gasteiger partial charge in [0.15, 0.2) is 6.86 Å². The molecule has 1 nitrogen and oxygen atoms in total. The largest absolute Gasteiger partial charge is 0.347 e. The first-order valence-corrected chi connectivity index (χ1v) is 2.11. The van der Waals surface area contributed by atoms with Gasteiger partial charge in [0.25, 0.3) is 0 Å². The molecule has 0 saturated heterocycles. The van der Waals surface area contributed by atoms with Crippen molar-refractivity contribution in [3.05, 3.63) is 0 Å². The number of hydrogen-bond donors (Lipinski definition) is 0. The standard InChI is InChI=1S/C4H7FO/c5-3-6-4-1-2-4/h4H,1-3H2. The van der Waals surface area contributed by atoms with Gasteiger partial charge in [-0.05, 0) is 12.8 Å². The zero-order valence-corrected chi connectivity index (χ0v) is 3.48. The summed E-state index contributed by atoms with van der Waals surface area (Å²) in [6, 6.07) is 0. The van der Waals surface area contributed by atoms with Gasteiger partial charge >= 0.3 is 0 Å². The molecule has 0 radical (unpaired) electrons. The Bertz CT molecular complexity index is 42.8. The van der Waals surface area contributed by atoms with Crippen LogP contribution in [-0.2, 0) is 4.74 Å². The van der Waals surface area contributed by atoms with Crippen LogP contribution >= 0.6 is 0 Å². The van der Waals surface area contributed by atoms with Gasteiger partial charge in [-0.15, -0.1) is 0 Å². The van der Waals surface area contributed by atoms with Gasteiger partial charge in [-0.1, -0.05) is 0 Å². The summed E-state index contributed by atoms with van der Waals surface area (Å²) < 4.78 is 15.5. The number of ether oxygens (including phenoxy) is 1. The first-order chi connectivity index (χ1) is 2.93. The van der Waals surface area contributed by atoms with Crippen LogP contribution in [0.1, 0.15) is 12.8 Å². The molecule has 0 spiro atoms. The minimum Gasteiger partial charge on any atom is -0.347 e. The van der Waals surface area contributed by atoms with E-state index in [0.29, 0.717) is 0 Å². The normalized spacial score (nSPS) is 21.5. The third-order valence-corrected chi connectivity index (χ3v) is 0.823. The van der Waals surface area contributed by atoms with Crippen molar-refractivity contribution in [3.63, 3.8) is 0 Å². The summed E-state index contributed by atoms with van der Waals surface area (Å²) in [6.45, 7) is -0.606. The van der Waals surface area contributed by atoms with E-state index in [1.807, 2.05) is 0 Å². The van der Waals surface area contributed by atoms with Crippen LogP contribution in [0.2, 0.25) is 0 Å². The highest BCUT2D eigenvalue weighted by atomic mass is 19.1. The van der Waals surface area contributed by atoms with Crippen molar-refractivity contribution in [2.45, 2.75) is 18.9 Å². The van der Waals surface area contributed by atoms with E-state index in [1.54, 1.807) is 0 Å². The van der Waals surface area contributed by atoms with Gasteiger partial charge in [-0.3, -0.25) is 0 Å². The molecule has 1 rings (SSSR count). The lowest BCUT2D eigenvalue weighted by Crippen LogP contribution is -1.87. The molecule has 1 aliphatic rings. The molecule has 0 aromatic carbocycles. The number of halogens is 1. The van der Waals surface area contributed by atoms with Crippen molar-refractivity contribution in [3.8, 4) is 0 Å². The van der Waals surface area contributed by atoms with E-state index in [9.17, 15) is 4.39 Å². The van der Waals surface area contributed by atoms with Crippen LogP contribution < -0.4 is 0 Å². The Hall–Kier alpha value is -0.110. The summed E-state index contributed by atoms with van der Waals surface area (Å²) >= 11 is 0. The van der Waals surface area contributed by atoms with Crippen LogP contribution in [0.3, 0.4) is 0 Å². The Morgan fingerprint density at radius 1 is 1.67 bits per heavy atom. The Labute approximate surface area is 36.1 Å². The molecule has 1 aliphatic carbocycles. The predicted octanol–water partition coefficient (Wildman–Crippen LogP) is 1.09. The Morgan fingerprint density at radius 3 is 2.50 bits per heavy atom. The first-order valence-electron chi connectivity index (χ1n) is 2.11. The van der Waals surface area contributed by atoms with Crippen molar-refractivity contribution < 1.29 is 9.13 Å². The molecule has 0 aliphatic heterocycles. The first kappa shape index (κ1) is 4.06. The molecule has 0 heterocycles. The van der Waals surface area contributed by atoms with Crippen molar-refractivity contribution in [2.75, 3.05) is 6.86 Å². The molecule has 0 amide bonds. The maximum Gasteiger partial charge on any atom is 0.188 e. The fourth-order valence-electron chi connectivity index (χ4n) is 0.324. The van der Waals surface area contributed by atoms with E-state index >= 15 is 0 Å². The van der Waals surface area contributed by atoms with E-state index in [-0.39, 0.29) is 6.10 Å². The molecule has 0 aromatic rings. The lowest BCUT2D eigenvalue weighted by Gasteiger charge is -1.86. The molecule has 1 saturated carbocycles. The summed E-state index contributed by atoms with van der Waals surface area (Å²) in [7, 11) is 0. The maximum absolute atomic E-state index is 11.1. The molecule has 0 atom stereocenters. The van der Waals surface area contributed by atoms with Crippen LogP contribution in [0, 0.1) is 0 Å². The second-order valence-electron chi connectivity index (χ2n) is 1.48. The van der Waals surface area contributed by atoms with E-state index in [2.05, 4.69) is 4.74 Å². The predicted molar refractivity (Wildman–Crippen MR) is 20.1 cm³/mol. The average molecular weight is 90.1 g/mol. The van der Waals surface area contributed by atoms with E-state index in [1.165, 1.54) is 0 Å². The minimum atomic E-state index is -0.606. The smallest absolute Gasteiger partial charge is 0.188 e. The molecule has 6 heavy (non-hydrogen) atoms. The monoisotopic (exact) mass is 90.0 g/mol. The highest BCUT2D eigenvalue weighted by molar-refractivity contribution is 4.71. The number of rotatable bonds is 2. The van der Waals surface area contributed by atoms with Crippen LogP contribution in [-0.4, -0.2) is 13.0 Å².